The minimum atomic E-state index is -0.149. The fourth-order valence-corrected chi connectivity index (χ4v) is 4.15. The summed E-state index contributed by atoms with van der Waals surface area (Å²) < 4.78 is 10.9. The highest BCUT2D eigenvalue weighted by molar-refractivity contribution is 7.10. The van der Waals surface area contributed by atoms with E-state index in [1.165, 1.54) is 0 Å². The third-order valence-corrected chi connectivity index (χ3v) is 5.67. The molecule has 4 heterocycles. The van der Waals surface area contributed by atoms with Crippen molar-refractivity contribution in [2.45, 2.75) is 25.4 Å². The molecule has 0 N–H and O–H groups in total. The van der Waals surface area contributed by atoms with Crippen LogP contribution in [0.1, 0.15) is 35.3 Å². The van der Waals surface area contributed by atoms with Gasteiger partial charge in [-0.3, -0.25) is 9.69 Å². The van der Waals surface area contributed by atoms with Crippen LogP contribution in [0.5, 0.6) is 0 Å². The molecule has 0 aliphatic carbocycles. The van der Waals surface area contributed by atoms with Crippen molar-refractivity contribution in [2.24, 2.45) is 5.10 Å². The minimum absolute atomic E-state index is 0.116. The number of furan rings is 2. The van der Waals surface area contributed by atoms with Crippen molar-refractivity contribution >= 4 is 23.0 Å². The Morgan fingerprint density at radius 1 is 1.28 bits per heavy atom. The van der Waals surface area contributed by atoms with Gasteiger partial charge in [0.2, 0.25) is 0 Å². The Hall–Kier alpha value is -3.15. The summed E-state index contributed by atoms with van der Waals surface area (Å²) in [6.07, 6.45) is 4.15. The number of carbonyl (C=O) groups excluding carboxylic acids is 1. The van der Waals surface area contributed by atoms with Crippen molar-refractivity contribution in [3.05, 3.63) is 70.7 Å². The summed E-state index contributed by atoms with van der Waals surface area (Å²) in [6, 6.07) is 13.3. The van der Waals surface area contributed by atoms with E-state index in [4.69, 9.17) is 14.1 Å². The molecule has 1 aliphatic rings. The average Bonchev–Trinajstić information content (AvgIpc) is 3.51. The van der Waals surface area contributed by atoms with Crippen LogP contribution in [0.2, 0.25) is 0 Å². The summed E-state index contributed by atoms with van der Waals surface area (Å²) >= 11 is 1.61. The first-order valence-corrected chi connectivity index (χ1v) is 10.2. The lowest BCUT2D eigenvalue weighted by atomic mass is 10.1. The van der Waals surface area contributed by atoms with Gasteiger partial charge in [0.1, 0.15) is 17.2 Å². The Kier molecular flexibility index (Phi) is 5.89. The van der Waals surface area contributed by atoms with Crippen LogP contribution in [0.3, 0.4) is 0 Å². The Morgan fingerprint density at radius 3 is 2.83 bits per heavy atom. The van der Waals surface area contributed by atoms with Crippen LogP contribution in [0.25, 0.3) is 0 Å². The number of hydrazone groups is 1. The Balaban J connectivity index is 1.53. The van der Waals surface area contributed by atoms with Crippen molar-refractivity contribution < 1.29 is 13.6 Å². The molecule has 0 radical (unpaired) electrons. The molecule has 3 aromatic rings. The van der Waals surface area contributed by atoms with Crippen LogP contribution in [-0.2, 0) is 11.3 Å². The summed E-state index contributed by atoms with van der Waals surface area (Å²) in [7, 11) is 0. The number of thiophene rings is 1. The maximum atomic E-state index is 13.2. The first kappa shape index (κ1) is 19.2. The Labute approximate surface area is 172 Å². The smallest absolute Gasteiger partial charge is 0.257 e. The molecule has 1 unspecified atom stereocenters. The molecule has 3 aromatic heterocycles. The molecule has 1 amide bonds. The van der Waals surface area contributed by atoms with Crippen molar-refractivity contribution in [3.63, 3.8) is 0 Å². The lowest BCUT2D eigenvalue weighted by molar-refractivity contribution is -0.134. The number of carbonyl (C=O) groups is 1. The van der Waals surface area contributed by atoms with Crippen LogP contribution >= 0.6 is 11.3 Å². The number of rotatable bonds is 8. The third kappa shape index (κ3) is 4.47. The van der Waals surface area contributed by atoms with Crippen molar-refractivity contribution in [1.82, 2.24) is 9.91 Å². The van der Waals surface area contributed by atoms with E-state index in [9.17, 15) is 4.79 Å². The third-order valence-electron chi connectivity index (χ3n) is 4.70. The van der Waals surface area contributed by atoms with Gasteiger partial charge in [0, 0.05) is 24.3 Å². The van der Waals surface area contributed by atoms with Gasteiger partial charge in [0.15, 0.2) is 0 Å². The lowest BCUT2D eigenvalue weighted by Crippen LogP contribution is -2.38. The first-order chi connectivity index (χ1) is 14.2. The van der Waals surface area contributed by atoms with Gasteiger partial charge in [0.05, 0.1) is 37.7 Å². The van der Waals surface area contributed by atoms with E-state index in [-0.39, 0.29) is 18.5 Å². The second-order valence-corrected chi connectivity index (χ2v) is 7.68. The fraction of sp³-hybridized carbons (Fsp3) is 0.286. The molecule has 0 saturated carbocycles. The topological polar surface area (TPSA) is 86.0 Å². The molecular weight excluding hydrogens is 388 g/mol. The number of nitriles is 1. The zero-order valence-corrected chi connectivity index (χ0v) is 16.5. The molecule has 4 rings (SSSR count). The second kappa shape index (κ2) is 8.90. The molecule has 148 valence electrons. The monoisotopic (exact) mass is 408 g/mol. The maximum absolute atomic E-state index is 13.2. The van der Waals surface area contributed by atoms with E-state index in [1.807, 2.05) is 46.7 Å². The average molecular weight is 408 g/mol. The molecule has 1 atom stereocenters. The highest BCUT2D eigenvalue weighted by Crippen LogP contribution is 2.35. The van der Waals surface area contributed by atoms with Crippen molar-refractivity contribution in [3.8, 4) is 6.07 Å². The molecule has 0 spiro atoms. The van der Waals surface area contributed by atoms with Gasteiger partial charge in [-0.2, -0.15) is 10.4 Å². The molecule has 8 heteroatoms. The number of amides is 1. The van der Waals surface area contributed by atoms with Gasteiger partial charge in [-0.1, -0.05) is 6.07 Å². The van der Waals surface area contributed by atoms with Gasteiger partial charge in [0.25, 0.3) is 5.91 Å². The van der Waals surface area contributed by atoms with E-state index in [1.54, 1.807) is 28.9 Å². The fourth-order valence-electron chi connectivity index (χ4n) is 3.34. The van der Waals surface area contributed by atoms with Gasteiger partial charge >= 0.3 is 0 Å². The predicted molar refractivity (Wildman–Crippen MR) is 108 cm³/mol. The van der Waals surface area contributed by atoms with Crippen LogP contribution < -0.4 is 0 Å². The van der Waals surface area contributed by atoms with Gasteiger partial charge < -0.3 is 8.83 Å². The van der Waals surface area contributed by atoms with E-state index < -0.39 is 0 Å². The van der Waals surface area contributed by atoms with Gasteiger partial charge in [-0.15, -0.1) is 11.3 Å². The highest BCUT2D eigenvalue weighted by Gasteiger charge is 2.35. The Morgan fingerprint density at radius 2 is 2.14 bits per heavy atom. The number of hydrogen-bond acceptors (Lipinski definition) is 7. The standard InChI is InChI=1S/C21H20N4O3S/c22-8-4-9-24(14-16-5-1-10-27-16)15-21(26)25-18(20-7-3-12-29-20)13-17(23-25)19-6-2-11-28-19/h1-3,5-7,10-12,18H,4,9,13-15H2. The Bertz CT molecular complexity index is 988. The van der Waals surface area contributed by atoms with E-state index >= 15 is 0 Å². The van der Waals surface area contributed by atoms with Crippen LogP contribution in [-0.4, -0.2) is 34.6 Å². The number of hydrogen-bond donors (Lipinski definition) is 0. The lowest BCUT2D eigenvalue weighted by Gasteiger charge is -2.25. The summed E-state index contributed by atoms with van der Waals surface area (Å²) in [5.41, 5.74) is 0.761. The molecule has 0 aromatic carbocycles. The van der Waals surface area contributed by atoms with E-state index in [0.717, 1.165) is 16.3 Å². The highest BCUT2D eigenvalue weighted by atomic mass is 32.1. The van der Waals surface area contributed by atoms with Crippen LogP contribution in [0.4, 0.5) is 0 Å². The summed E-state index contributed by atoms with van der Waals surface area (Å²) in [5.74, 6) is 1.32. The summed E-state index contributed by atoms with van der Waals surface area (Å²) in [5, 5.41) is 17.1. The van der Waals surface area contributed by atoms with Crippen molar-refractivity contribution in [1.29, 1.82) is 5.26 Å². The largest absolute Gasteiger partial charge is 0.468 e. The molecule has 7 nitrogen and oxygen atoms in total. The van der Waals surface area contributed by atoms with Crippen molar-refractivity contribution in [2.75, 3.05) is 13.1 Å². The van der Waals surface area contributed by atoms with E-state index in [2.05, 4.69) is 11.2 Å². The molecule has 0 bridgehead atoms. The SMILES string of the molecule is N#CCCN(CC(=O)N1N=C(c2ccco2)CC1c1cccs1)Cc1ccco1. The zero-order valence-electron chi connectivity index (χ0n) is 15.7. The normalized spacial score (nSPS) is 16.2. The second-order valence-electron chi connectivity index (χ2n) is 6.70. The van der Waals surface area contributed by atoms with Crippen LogP contribution in [0.15, 0.2) is 68.2 Å². The van der Waals surface area contributed by atoms with Crippen LogP contribution in [0, 0.1) is 11.3 Å². The maximum Gasteiger partial charge on any atom is 0.257 e. The molecule has 0 fully saturated rings. The summed E-state index contributed by atoms with van der Waals surface area (Å²) in [6.45, 7) is 1.10. The molecule has 1 aliphatic heterocycles. The first-order valence-electron chi connectivity index (χ1n) is 9.33. The molecule has 29 heavy (non-hydrogen) atoms. The number of nitrogens with zero attached hydrogens (tertiary/aromatic N) is 4. The molecular formula is C21H20N4O3S. The molecule has 0 saturated heterocycles. The summed E-state index contributed by atoms with van der Waals surface area (Å²) in [4.78, 5) is 16.2. The quantitative estimate of drug-likeness (QED) is 0.562. The zero-order chi connectivity index (χ0) is 20.1. The van der Waals surface area contributed by atoms with E-state index in [0.29, 0.717) is 31.7 Å². The van der Waals surface area contributed by atoms with Gasteiger partial charge in [-0.05, 0) is 35.7 Å². The van der Waals surface area contributed by atoms with Gasteiger partial charge in [-0.25, -0.2) is 5.01 Å². The minimum Gasteiger partial charge on any atom is -0.468 e. The predicted octanol–water partition coefficient (Wildman–Crippen LogP) is 4.03.